The quantitative estimate of drug-likeness (QED) is 0.698. The van der Waals surface area contributed by atoms with Crippen molar-refractivity contribution in [2.24, 2.45) is 0 Å². The van der Waals surface area contributed by atoms with Crippen molar-refractivity contribution in [3.05, 3.63) is 29.6 Å². The molecule has 1 aromatic rings. The molecule has 0 aliphatic carbocycles. The third-order valence-corrected chi connectivity index (χ3v) is 1.70. The van der Waals surface area contributed by atoms with Crippen molar-refractivity contribution in [2.45, 2.75) is 6.92 Å². The molecule has 2 N–H and O–H groups in total. The fourth-order valence-electron chi connectivity index (χ4n) is 0.989. The molecule has 0 unspecified atom stereocenters. The first kappa shape index (κ1) is 11.7. The van der Waals surface area contributed by atoms with Crippen LogP contribution in [0.3, 0.4) is 0 Å². The van der Waals surface area contributed by atoms with Crippen LogP contribution in [0.15, 0.2) is 18.5 Å². The number of rotatable bonds is 2. The summed E-state index contributed by atoms with van der Waals surface area (Å²) in [5.41, 5.74) is 0.436. The van der Waals surface area contributed by atoms with Crippen LogP contribution in [0.4, 0.5) is 0 Å². The summed E-state index contributed by atoms with van der Waals surface area (Å²) in [5, 5.41) is 11.3. The van der Waals surface area contributed by atoms with Gasteiger partial charge >= 0.3 is 5.97 Å². The average molecular weight is 218 g/mol. The zero-order chi connectivity index (χ0) is 12.0. The highest BCUT2D eigenvalue weighted by molar-refractivity contribution is 5.90. The Bertz CT molecular complexity index is 472. The van der Waals surface area contributed by atoms with Gasteiger partial charge in [-0.1, -0.05) is 11.8 Å². The minimum absolute atomic E-state index is 0.102. The summed E-state index contributed by atoms with van der Waals surface area (Å²) >= 11 is 0. The predicted octanol–water partition coefficient (Wildman–Crippen LogP) is 0.267. The van der Waals surface area contributed by atoms with Crippen LogP contribution < -0.4 is 5.32 Å². The molecule has 0 radical (unpaired) electrons. The summed E-state index contributed by atoms with van der Waals surface area (Å²) in [6.45, 7) is 1.57. The maximum atomic E-state index is 10.8. The molecule has 5 heteroatoms. The highest BCUT2D eigenvalue weighted by Gasteiger charge is 2.06. The molecule has 1 amide bonds. The van der Waals surface area contributed by atoms with Crippen molar-refractivity contribution in [1.29, 1.82) is 0 Å². The topological polar surface area (TPSA) is 79.3 Å². The zero-order valence-corrected chi connectivity index (χ0v) is 8.65. The van der Waals surface area contributed by atoms with Crippen LogP contribution in [-0.2, 0) is 4.79 Å². The van der Waals surface area contributed by atoms with E-state index in [1.165, 1.54) is 25.4 Å². The summed E-state index contributed by atoms with van der Waals surface area (Å²) in [6, 6.07) is 1.38. The van der Waals surface area contributed by atoms with E-state index in [0.717, 1.165) is 0 Å². The predicted molar refractivity (Wildman–Crippen MR) is 56.8 cm³/mol. The lowest BCUT2D eigenvalue weighted by Crippen LogP contribution is -2.19. The number of carbonyl (C=O) groups is 2. The number of aromatic carboxylic acids is 1. The van der Waals surface area contributed by atoms with Crippen LogP contribution in [0, 0.1) is 11.8 Å². The average Bonchev–Trinajstić information content (AvgIpc) is 2.24. The largest absolute Gasteiger partial charge is 0.478 e. The minimum atomic E-state index is -1.05. The smallest absolute Gasteiger partial charge is 0.337 e. The van der Waals surface area contributed by atoms with Crippen molar-refractivity contribution in [2.75, 3.05) is 6.54 Å². The standard InChI is InChI=1S/C11H10N2O3/c1-8(14)13-5-2-3-9-7-12-6-4-10(9)11(15)16/h4,6-7H,5H2,1H3,(H,13,14)(H,15,16). The SMILES string of the molecule is CC(=O)NCC#Cc1cnccc1C(=O)O. The van der Waals surface area contributed by atoms with E-state index in [-0.39, 0.29) is 18.0 Å². The fraction of sp³-hybridized carbons (Fsp3) is 0.182. The number of aromatic nitrogens is 1. The van der Waals surface area contributed by atoms with Crippen LogP contribution in [0.1, 0.15) is 22.8 Å². The molecule has 5 nitrogen and oxygen atoms in total. The Hall–Kier alpha value is -2.35. The summed E-state index contributed by atoms with van der Waals surface area (Å²) < 4.78 is 0. The molecule has 0 bridgehead atoms. The molecule has 0 aliphatic heterocycles. The lowest BCUT2D eigenvalue weighted by molar-refractivity contribution is -0.118. The molecule has 16 heavy (non-hydrogen) atoms. The molecule has 1 heterocycles. The Labute approximate surface area is 92.5 Å². The maximum Gasteiger partial charge on any atom is 0.337 e. The molecule has 0 atom stereocenters. The van der Waals surface area contributed by atoms with E-state index >= 15 is 0 Å². The van der Waals surface area contributed by atoms with Crippen molar-refractivity contribution < 1.29 is 14.7 Å². The number of hydrogen-bond donors (Lipinski definition) is 2. The summed E-state index contributed by atoms with van der Waals surface area (Å²) in [6.07, 6.45) is 2.77. The van der Waals surface area contributed by atoms with Crippen molar-refractivity contribution in [1.82, 2.24) is 10.3 Å². The van der Waals surface area contributed by atoms with Gasteiger partial charge in [-0.3, -0.25) is 9.78 Å². The molecule has 0 fully saturated rings. The van der Waals surface area contributed by atoms with E-state index in [1.54, 1.807) is 0 Å². The number of hydrogen-bond acceptors (Lipinski definition) is 3. The lowest BCUT2D eigenvalue weighted by atomic mass is 10.1. The van der Waals surface area contributed by atoms with Gasteiger partial charge in [0.2, 0.25) is 5.91 Å². The van der Waals surface area contributed by atoms with Crippen LogP contribution in [0.25, 0.3) is 0 Å². The number of carboxylic acids is 1. The third-order valence-electron chi connectivity index (χ3n) is 1.70. The van der Waals surface area contributed by atoms with E-state index in [2.05, 4.69) is 22.1 Å². The highest BCUT2D eigenvalue weighted by atomic mass is 16.4. The fourth-order valence-corrected chi connectivity index (χ4v) is 0.989. The van der Waals surface area contributed by atoms with Crippen LogP contribution >= 0.6 is 0 Å². The van der Waals surface area contributed by atoms with Gasteiger partial charge in [0.1, 0.15) is 0 Å². The van der Waals surface area contributed by atoms with Gasteiger partial charge in [0.25, 0.3) is 0 Å². The number of carboxylic acid groups (broad SMARTS) is 1. The van der Waals surface area contributed by atoms with E-state index in [0.29, 0.717) is 5.56 Å². The molecule has 1 rings (SSSR count). The Morgan fingerprint density at radius 2 is 2.31 bits per heavy atom. The molecule has 0 spiro atoms. The molecule has 0 aliphatic rings. The molecule has 0 aromatic carbocycles. The third kappa shape index (κ3) is 3.42. The molecular formula is C11H10N2O3. The first-order valence-corrected chi connectivity index (χ1v) is 4.52. The minimum Gasteiger partial charge on any atom is -0.478 e. The first-order valence-electron chi connectivity index (χ1n) is 4.52. The number of nitrogens with one attached hydrogen (secondary N) is 1. The first-order chi connectivity index (χ1) is 7.61. The molecular weight excluding hydrogens is 208 g/mol. The van der Waals surface area contributed by atoms with Gasteiger partial charge in [0, 0.05) is 19.3 Å². The summed E-state index contributed by atoms with van der Waals surface area (Å²) in [7, 11) is 0. The zero-order valence-electron chi connectivity index (χ0n) is 8.65. The van der Waals surface area contributed by atoms with Crippen LogP contribution in [0.2, 0.25) is 0 Å². The van der Waals surface area contributed by atoms with Gasteiger partial charge < -0.3 is 10.4 Å². The normalized spacial score (nSPS) is 8.81. The Morgan fingerprint density at radius 1 is 1.56 bits per heavy atom. The monoisotopic (exact) mass is 218 g/mol. The molecule has 0 saturated heterocycles. The highest BCUT2D eigenvalue weighted by Crippen LogP contribution is 2.04. The number of pyridine rings is 1. The summed E-state index contributed by atoms with van der Waals surface area (Å²) in [5.74, 6) is 4.05. The van der Waals surface area contributed by atoms with Gasteiger partial charge in [-0.05, 0) is 6.07 Å². The Balaban J connectivity index is 2.80. The van der Waals surface area contributed by atoms with Gasteiger partial charge in [-0.15, -0.1) is 0 Å². The van der Waals surface area contributed by atoms with E-state index in [1.807, 2.05) is 0 Å². The van der Waals surface area contributed by atoms with Crippen LogP contribution in [0.5, 0.6) is 0 Å². The second kappa shape index (κ2) is 5.51. The molecule has 0 saturated carbocycles. The van der Waals surface area contributed by atoms with Crippen molar-refractivity contribution in [3.63, 3.8) is 0 Å². The van der Waals surface area contributed by atoms with Gasteiger partial charge in [-0.25, -0.2) is 4.79 Å². The summed E-state index contributed by atoms with van der Waals surface area (Å²) in [4.78, 5) is 25.1. The number of carbonyl (C=O) groups excluding carboxylic acids is 1. The second-order valence-electron chi connectivity index (χ2n) is 2.94. The van der Waals surface area contributed by atoms with Crippen molar-refractivity contribution >= 4 is 11.9 Å². The van der Waals surface area contributed by atoms with E-state index in [4.69, 9.17) is 5.11 Å². The van der Waals surface area contributed by atoms with E-state index in [9.17, 15) is 9.59 Å². The Morgan fingerprint density at radius 3 is 2.94 bits per heavy atom. The van der Waals surface area contributed by atoms with E-state index < -0.39 is 5.97 Å². The number of amides is 1. The lowest BCUT2D eigenvalue weighted by Gasteiger charge is -1.96. The maximum absolute atomic E-state index is 10.8. The van der Waals surface area contributed by atoms with Crippen molar-refractivity contribution in [3.8, 4) is 11.8 Å². The Kier molecular flexibility index (Phi) is 4.04. The van der Waals surface area contributed by atoms with Crippen LogP contribution in [-0.4, -0.2) is 28.5 Å². The van der Waals surface area contributed by atoms with Gasteiger partial charge in [0.05, 0.1) is 17.7 Å². The molecule has 82 valence electrons. The number of nitrogens with zero attached hydrogens (tertiary/aromatic N) is 1. The molecule has 1 aromatic heterocycles. The second-order valence-corrected chi connectivity index (χ2v) is 2.94. The van der Waals surface area contributed by atoms with Gasteiger partial charge in [0.15, 0.2) is 0 Å². The van der Waals surface area contributed by atoms with Gasteiger partial charge in [-0.2, -0.15) is 0 Å².